The van der Waals surface area contributed by atoms with Gasteiger partial charge in [-0.25, -0.2) is 13.8 Å². The minimum atomic E-state index is -0.870. The van der Waals surface area contributed by atoms with Crippen LogP contribution in [0.2, 0.25) is 0 Å². The molecule has 0 saturated heterocycles. The number of halogens is 2. The van der Waals surface area contributed by atoms with E-state index in [4.69, 9.17) is 5.73 Å². The summed E-state index contributed by atoms with van der Waals surface area (Å²) < 4.78 is 26.1. The normalized spacial score (nSPS) is 10.2. The molecule has 0 amide bonds. The van der Waals surface area contributed by atoms with Gasteiger partial charge in [-0.3, -0.25) is 4.98 Å². The molecule has 0 aromatic carbocycles. The molecule has 0 saturated carbocycles. The summed E-state index contributed by atoms with van der Waals surface area (Å²) in [5, 5.41) is 2.70. The Labute approximate surface area is 96.5 Å². The zero-order valence-corrected chi connectivity index (χ0v) is 8.82. The number of hydrogen-bond donors (Lipinski definition) is 2. The van der Waals surface area contributed by atoms with Gasteiger partial charge in [0.25, 0.3) is 0 Å². The number of rotatable bonds is 3. The largest absolute Gasteiger partial charge is 0.381 e. The van der Waals surface area contributed by atoms with E-state index in [0.717, 1.165) is 5.69 Å². The number of pyridine rings is 2. The van der Waals surface area contributed by atoms with Crippen LogP contribution in [0.25, 0.3) is 0 Å². The Hall–Kier alpha value is -2.24. The number of hydrogen-bond acceptors (Lipinski definition) is 4. The summed E-state index contributed by atoms with van der Waals surface area (Å²) in [6.07, 6.45) is 1.62. The van der Waals surface area contributed by atoms with Crippen LogP contribution in [0, 0.1) is 11.6 Å². The molecule has 17 heavy (non-hydrogen) atoms. The van der Waals surface area contributed by atoms with Crippen LogP contribution in [0.3, 0.4) is 0 Å². The molecular formula is C11H10F2N4. The van der Waals surface area contributed by atoms with Crippen LogP contribution < -0.4 is 11.1 Å². The van der Waals surface area contributed by atoms with Gasteiger partial charge < -0.3 is 11.1 Å². The van der Waals surface area contributed by atoms with Crippen LogP contribution >= 0.6 is 0 Å². The van der Waals surface area contributed by atoms with Gasteiger partial charge in [-0.1, -0.05) is 6.07 Å². The van der Waals surface area contributed by atoms with Crippen molar-refractivity contribution in [3.8, 4) is 0 Å². The fourth-order valence-corrected chi connectivity index (χ4v) is 1.28. The van der Waals surface area contributed by atoms with Crippen molar-refractivity contribution in [3.05, 3.63) is 47.8 Å². The van der Waals surface area contributed by atoms with E-state index in [1.165, 1.54) is 0 Å². The molecule has 0 atom stereocenters. The van der Waals surface area contributed by atoms with Gasteiger partial charge in [-0.15, -0.1) is 0 Å². The molecule has 0 spiro atoms. The fourth-order valence-electron chi connectivity index (χ4n) is 1.28. The minimum absolute atomic E-state index is 0.0884. The third-order valence-corrected chi connectivity index (χ3v) is 2.12. The summed E-state index contributed by atoms with van der Waals surface area (Å²) in [7, 11) is 0. The van der Waals surface area contributed by atoms with Crippen molar-refractivity contribution < 1.29 is 8.78 Å². The zero-order chi connectivity index (χ0) is 12.3. The predicted octanol–water partition coefficient (Wildman–Crippen LogP) is 1.95. The lowest BCUT2D eigenvalue weighted by molar-refractivity contribution is 0.579. The molecule has 2 aromatic heterocycles. The summed E-state index contributed by atoms with van der Waals surface area (Å²) in [4.78, 5) is 7.62. The molecule has 6 heteroatoms. The zero-order valence-electron chi connectivity index (χ0n) is 8.82. The van der Waals surface area contributed by atoms with Gasteiger partial charge in [0, 0.05) is 12.3 Å². The van der Waals surface area contributed by atoms with Crippen molar-refractivity contribution in [2.24, 2.45) is 0 Å². The van der Waals surface area contributed by atoms with Crippen molar-refractivity contribution in [1.29, 1.82) is 0 Å². The van der Waals surface area contributed by atoms with Gasteiger partial charge in [0.15, 0.2) is 23.3 Å². The monoisotopic (exact) mass is 236 g/mol. The molecule has 0 bridgehead atoms. The molecule has 0 aliphatic rings. The molecule has 88 valence electrons. The van der Waals surface area contributed by atoms with Crippen LogP contribution in [0.15, 0.2) is 30.5 Å². The fraction of sp³-hybridized carbons (Fsp3) is 0.0909. The average molecular weight is 236 g/mol. The molecule has 4 nitrogen and oxygen atoms in total. The first kappa shape index (κ1) is 11.3. The molecule has 0 radical (unpaired) electrons. The van der Waals surface area contributed by atoms with E-state index in [9.17, 15) is 8.78 Å². The summed E-state index contributed by atoms with van der Waals surface area (Å²) in [5.74, 6) is -2.08. The van der Waals surface area contributed by atoms with Crippen LogP contribution in [0.5, 0.6) is 0 Å². The van der Waals surface area contributed by atoms with E-state index < -0.39 is 11.6 Å². The lowest BCUT2D eigenvalue weighted by Gasteiger charge is -2.07. The third-order valence-electron chi connectivity index (χ3n) is 2.12. The first-order valence-electron chi connectivity index (χ1n) is 4.92. The van der Waals surface area contributed by atoms with Crippen LogP contribution in [0.4, 0.5) is 20.4 Å². The SMILES string of the molecule is Nc1nc(NCc2ccccn2)c(F)cc1F. The Morgan fingerprint density at radius 3 is 2.76 bits per heavy atom. The smallest absolute Gasteiger partial charge is 0.168 e. The van der Waals surface area contributed by atoms with E-state index in [2.05, 4.69) is 15.3 Å². The Kier molecular flexibility index (Phi) is 3.13. The highest BCUT2D eigenvalue weighted by Crippen LogP contribution is 2.16. The number of aromatic nitrogens is 2. The molecule has 2 heterocycles. The molecule has 0 fully saturated rings. The predicted molar refractivity (Wildman–Crippen MR) is 60.1 cm³/mol. The molecular weight excluding hydrogens is 226 g/mol. The summed E-state index contributed by atoms with van der Waals surface area (Å²) in [6.45, 7) is 0.288. The highest BCUT2D eigenvalue weighted by molar-refractivity contribution is 5.44. The number of nitrogens with two attached hydrogens (primary N) is 1. The molecule has 2 aromatic rings. The highest BCUT2D eigenvalue weighted by atomic mass is 19.1. The first-order valence-corrected chi connectivity index (χ1v) is 4.92. The quantitative estimate of drug-likeness (QED) is 0.854. The maximum atomic E-state index is 13.3. The van der Waals surface area contributed by atoms with Gasteiger partial charge in [0.05, 0.1) is 12.2 Å². The maximum absolute atomic E-state index is 13.3. The van der Waals surface area contributed by atoms with E-state index in [0.29, 0.717) is 6.07 Å². The second kappa shape index (κ2) is 4.73. The number of anilines is 2. The lowest BCUT2D eigenvalue weighted by Crippen LogP contribution is -2.07. The molecule has 2 rings (SSSR count). The lowest BCUT2D eigenvalue weighted by atomic mass is 10.3. The second-order valence-electron chi connectivity index (χ2n) is 3.36. The van der Waals surface area contributed by atoms with Crippen molar-refractivity contribution in [2.75, 3.05) is 11.1 Å². The number of nitrogens with one attached hydrogen (secondary N) is 1. The Morgan fingerprint density at radius 1 is 1.24 bits per heavy atom. The van der Waals surface area contributed by atoms with Crippen molar-refractivity contribution in [1.82, 2.24) is 9.97 Å². The van der Waals surface area contributed by atoms with Gasteiger partial charge in [-0.2, -0.15) is 0 Å². The van der Waals surface area contributed by atoms with Crippen LogP contribution in [-0.4, -0.2) is 9.97 Å². The van der Waals surface area contributed by atoms with Crippen molar-refractivity contribution >= 4 is 11.6 Å². The van der Waals surface area contributed by atoms with E-state index in [-0.39, 0.29) is 18.2 Å². The van der Waals surface area contributed by atoms with E-state index >= 15 is 0 Å². The topological polar surface area (TPSA) is 63.8 Å². The Bertz CT molecular complexity index is 516. The second-order valence-corrected chi connectivity index (χ2v) is 3.36. The number of nitrogen functional groups attached to an aromatic ring is 1. The van der Waals surface area contributed by atoms with Crippen molar-refractivity contribution in [2.45, 2.75) is 6.54 Å². The van der Waals surface area contributed by atoms with Crippen molar-refractivity contribution in [3.63, 3.8) is 0 Å². The third kappa shape index (κ3) is 2.66. The van der Waals surface area contributed by atoms with Crippen LogP contribution in [-0.2, 0) is 6.54 Å². The summed E-state index contributed by atoms with van der Waals surface area (Å²) >= 11 is 0. The molecule has 0 aliphatic heterocycles. The minimum Gasteiger partial charge on any atom is -0.381 e. The van der Waals surface area contributed by atoms with Gasteiger partial charge in [0.2, 0.25) is 0 Å². The Balaban J connectivity index is 2.12. The van der Waals surface area contributed by atoms with Gasteiger partial charge in [-0.05, 0) is 12.1 Å². The molecule has 3 N–H and O–H groups in total. The maximum Gasteiger partial charge on any atom is 0.168 e. The van der Waals surface area contributed by atoms with E-state index in [1.807, 2.05) is 6.07 Å². The Morgan fingerprint density at radius 2 is 2.06 bits per heavy atom. The van der Waals surface area contributed by atoms with Crippen LogP contribution in [0.1, 0.15) is 5.69 Å². The van der Waals surface area contributed by atoms with E-state index in [1.54, 1.807) is 18.3 Å². The standard InChI is InChI=1S/C11H10F2N4/c12-8-5-9(13)11(17-10(8)14)16-6-7-3-1-2-4-15-7/h1-5H,6H2,(H3,14,16,17). The average Bonchev–Trinajstić information content (AvgIpc) is 2.33. The van der Waals surface area contributed by atoms with Gasteiger partial charge >= 0.3 is 0 Å². The highest BCUT2D eigenvalue weighted by Gasteiger charge is 2.09. The first-order chi connectivity index (χ1) is 8.16. The summed E-state index contributed by atoms with van der Waals surface area (Å²) in [6, 6.07) is 6.06. The molecule has 0 unspecified atom stereocenters. The molecule has 0 aliphatic carbocycles. The number of nitrogens with zero attached hydrogens (tertiary/aromatic N) is 2. The summed E-state index contributed by atoms with van der Waals surface area (Å²) in [5.41, 5.74) is 5.97. The van der Waals surface area contributed by atoms with Gasteiger partial charge in [0.1, 0.15) is 0 Å².